The lowest BCUT2D eigenvalue weighted by molar-refractivity contribution is 0.0744. The van der Waals surface area contributed by atoms with Gasteiger partial charge in [-0.05, 0) is 42.8 Å². The van der Waals surface area contributed by atoms with E-state index in [1.165, 1.54) is 12.3 Å². The van der Waals surface area contributed by atoms with Crippen molar-refractivity contribution in [3.8, 4) is 0 Å². The number of nitrogens with one attached hydrogen (secondary N) is 1. The van der Waals surface area contributed by atoms with Crippen LogP contribution in [0.1, 0.15) is 38.9 Å². The molecule has 1 unspecified atom stereocenters. The summed E-state index contributed by atoms with van der Waals surface area (Å²) in [5, 5.41) is 0.988. The quantitative estimate of drug-likeness (QED) is 0.903. The summed E-state index contributed by atoms with van der Waals surface area (Å²) in [6, 6.07) is 1.46. The Labute approximate surface area is 135 Å². The van der Waals surface area contributed by atoms with Crippen LogP contribution >= 0.6 is 27.3 Å². The van der Waals surface area contributed by atoms with Gasteiger partial charge in [-0.1, -0.05) is 0 Å². The highest BCUT2D eigenvalue weighted by Gasteiger charge is 2.22. The molecule has 1 atom stereocenters. The van der Waals surface area contributed by atoms with E-state index in [0.717, 1.165) is 15.6 Å². The number of nitrogens with zero attached hydrogens (tertiary/aromatic N) is 2. The van der Waals surface area contributed by atoms with Gasteiger partial charge in [0.2, 0.25) is 0 Å². The van der Waals surface area contributed by atoms with Gasteiger partial charge in [0, 0.05) is 18.1 Å². The Balaban J connectivity index is 2.28. The molecule has 0 spiro atoms. The van der Waals surface area contributed by atoms with Crippen LogP contribution in [0.15, 0.2) is 21.5 Å². The number of halogens is 1. The van der Waals surface area contributed by atoms with Crippen LogP contribution in [0.5, 0.6) is 0 Å². The van der Waals surface area contributed by atoms with E-state index >= 15 is 0 Å². The third kappa shape index (κ3) is 3.24. The van der Waals surface area contributed by atoms with Gasteiger partial charge in [-0.25, -0.2) is 4.98 Å². The predicted octanol–water partition coefficient (Wildman–Crippen LogP) is 3.04. The number of aromatic nitrogens is 2. The minimum absolute atomic E-state index is 0.0746. The van der Waals surface area contributed by atoms with E-state index < -0.39 is 0 Å². The average molecular weight is 370 g/mol. The van der Waals surface area contributed by atoms with Crippen molar-refractivity contribution in [2.75, 3.05) is 7.05 Å². The number of pyridine rings is 1. The highest BCUT2D eigenvalue weighted by Crippen LogP contribution is 2.29. The van der Waals surface area contributed by atoms with Crippen LogP contribution in [0.2, 0.25) is 0 Å². The lowest BCUT2D eigenvalue weighted by Crippen LogP contribution is -2.30. The zero-order valence-corrected chi connectivity index (χ0v) is 14.6. The van der Waals surface area contributed by atoms with E-state index in [9.17, 15) is 9.59 Å². The molecule has 0 fully saturated rings. The predicted molar refractivity (Wildman–Crippen MR) is 86.9 cm³/mol. The molecule has 7 heteroatoms. The number of rotatable bonds is 3. The van der Waals surface area contributed by atoms with Crippen molar-refractivity contribution >= 4 is 33.2 Å². The van der Waals surface area contributed by atoms with Crippen molar-refractivity contribution in [1.29, 1.82) is 0 Å². The molecule has 5 nitrogen and oxygen atoms in total. The molecule has 0 aromatic carbocycles. The lowest BCUT2D eigenvalue weighted by atomic mass is 10.2. The number of thiazole rings is 1. The zero-order valence-electron chi connectivity index (χ0n) is 12.2. The second-order valence-corrected chi connectivity index (χ2v) is 6.93. The number of H-pyrrole nitrogens is 1. The number of aryl methyl sites for hydroxylation is 2. The molecule has 2 aromatic heterocycles. The summed E-state index contributed by atoms with van der Waals surface area (Å²) in [7, 11) is 1.75. The number of hydrogen-bond acceptors (Lipinski definition) is 4. The van der Waals surface area contributed by atoms with E-state index in [4.69, 9.17) is 0 Å². The number of aromatic amines is 1. The summed E-state index contributed by atoms with van der Waals surface area (Å²) in [4.78, 5) is 33.5. The van der Waals surface area contributed by atoms with E-state index in [1.54, 1.807) is 23.3 Å². The molecular formula is C14H16BrN3O2S. The van der Waals surface area contributed by atoms with Crippen LogP contribution in [0.4, 0.5) is 0 Å². The molecule has 1 amide bonds. The largest absolute Gasteiger partial charge is 0.334 e. The SMILES string of the molecule is Cc1nc(C)c(C(C)N(C)C(=O)c2c[nH]c(=O)c(Br)c2)s1. The summed E-state index contributed by atoms with van der Waals surface area (Å²) < 4.78 is 0.346. The molecule has 0 aliphatic carbocycles. The highest BCUT2D eigenvalue weighted by molar-refractivity contribution is 9.10. The topological polar surface area (TPSA) is 66.1 Å². The van der Waals surface area contributed by atoms with Gasteiger partial charge in [-0.15, -0.1) is 11.3 Å². The van der Waals surface area contributed by atoms with Crippen LogP contribution in [-0.4, -0.2) is 27.8 Å². The molecule has 1 N–H and O–H groups in total. The summed E-state index contributed by atoms with van der Waals surface area (Å²) >= 11 is 4.73. The van der Waals surface area contributed by atoms with Gasteiger partial charge in [-0.3, -0.25) is 9.59 Å². The first-order chi connectivity index (χ1) is 9.81. The fourth-order valence-electron chi connectivity index (χ4n) is 2.07. The Morgan fingerprint density at radius 2 is 2.14 bits per heavy atom. The minimum atomic E-state index is -0.254. The summed E-state index contributed by atoms with van der Waals surface area (Å²) in [6.45, 7) is 5.87. The standard InChI is InChI=1S/C14H16BrN3O2S/c1-7-12(21-9(3)17-7)8(2)18(4)14(20)10-5-11(15)13(19)16-6-10/h5-6,8H,1-4H3,(H,16,19). The van der Waals surface area contributed by atoms with Gasteiger partial charge in [0.25, 0.3) is 11.5 Å². The molecule has 2 rings (SSSR count). The summed E-state index contributed by atoms with van der Waals surface area (Å²) in [6.07, 6.45) is 1.43. The van der Waals surface area contributed by atoms with Crippen LogP contribution in [0, 0.1) is 13.8 Å². The van der Waals surface area contributed by atoms with Crippen LogP contribution < -0.4 is 5.56 Å². The molecule has 112 valence electrons. The Hall–Kier alpha value is -1.47. The maximum absolute atomic E-state index is 12.5. The molecule has 0 aliphatic heterocycles. The van der Waals surface area contributed by atoms with Crippen molar-refractivity contribution in [3.05, 3.63) is 48.2 Å². The number of amides is 1. The van der Waals surface area contributed by atoms with E-state index in [-0.39, 0.29) is 17.5 Å². The van der Waals surface area contributed by atoms with Gasteiger partial charge in [0.05, 0.1) is 26.8 Å². The van der Waals surface area contributed by atoms with Gasteiger partial charge in [0.1, 0.15) is 0 Å². The van der Waals surface area contributed by atoms with E-state index in [0.29, 0.717) is 10.0 Å². The van der Waals surface area contributed by atoms with E-state index in [1.807, 2.05) is 20.8 Å². The monoisotopic (exact) mass is 369 g/mol. The lowest BCUT2D eigenvalue weighted by Gasteiger charge is -2.24. The first-order valence-electron chi connectivity index (χ1n) is 6.40. The molecule has 0 bridgehead atoms. The highest BCUT2D eigenvalue weighted by atomic mass is 79.9. The van der Waals surface area contributed by atoms with Gasteiger partial charge in [-0.2, -0.15) is 0 Å². The van der Waals surface area contributed by atoms with Crippen molar-refractivity contribution in [3.63, 3.8) is 0 Å². The Bertz CT molecular complexity index is 738. The van der Waals surface area contributed by atoms with Crippen molar-refractivity contribution in [1.82, 2.24) is 14.9 Å². The van der Waals surface area contributed by atoms with Crippen molar-refractivity contribution < 1.29 is 4.79 Å². The van der Waals surface area contributed by atoms with Crippen LogP contribution in [0.3, 0.4) is 0 Å². The minimum Gasteiger partial charge on any atom is -0.334 e. The Kier molecular flexibility index (Phi) is 4.63. The normalized spacial score (nSPS) is 12.2. The molecule has 21 heavy (non-hydrogen) atoms. The smallest absolute Gasteiger partial charge is 0.262 e. The third-order valence-electron chi connectivity index (χ3n) is 3.32. The number of hydrogen-bond donors (Lipinski definition) is 1. The van der Waals surface area contributed by atoms with E-state index in [2.05, 4.69) is 25.9 Å². The summed E-state index contributed by atoms with van der Waals surface area (Å²) in [5.74, 6) is -0.148. The molecule has 0 aliphatic rings. The average Bonchev–Trinajstić information content (AvgIpc) is 2.78. The maximum atomic E-state index is 12.5. The Morgan fingerprint density at radius 1 is 1.48 bits per heavy atom. The maximum Gasteiger partial charge on any atom is 0.262 e. The molecule has 2 heterocycles. The van der Waals surface area contributed by atoms with Crippen LogP contribution in [-0.2, 0) is 0 Å². The first-order valence-corrected chi connectivity index (χ1v) is 8.01. The van der Waals surface area contributed by atoms with Gasteiger partial charge >= 0.3 is 0 Å². The molecular weight excluding hydrogens is 354 g/mol. The molecule has 0 saturated carbocycles. The van der Waals surface area contributed by atoms with Gasteiger partial charge in [0.15, 0.2) is 0 Å². The zero-order chi connectivity index (χ0) is 15.7. The third-order valence-corrected chi connectivity index (χ3v) is 5.16. The fourth-order valence-corrected chi connectivity index (χ4v) is 3.45. The van der Waals surface area contributed by atoms with Crippen LogP contribution in [0.25, 0.3) is 0 Å². The second-order valence-electron chi connectivity index (χ2n) is 4.84. The number of carbonyl (C=O) groups is 1. The molecule has 2 aromatic rings. The second kappa shape index (κ2) is 6.11. The molecule has 0 radical (unpaired) electrons. The first kappa shape index (κ1) is 15.9. The van der Waals surface area contributed by atoms with Crippen molar-refractivity contribution in [2.24, 2.45) is 0 Å². The van der Waals surface area contributed by atoms with Gasteiger partial charge < -0.3 is 9.88 Å². The summed E-state index contributed by atoms with van der Waals surface area (Å²) in [5.41, 5.74) is 1.14. The Morgan fingerprint density at radius 3 is 2.67 bits per heavy atom. The van der Waals surface area contributed by atoms with Crippen molar-refractivity contribution in [2.45, 2.75) is 26.8 Å². The molecule has 0 saturated heterocycles. The fraction of sp³-hybridized carbons (Fsp3) is 0.357. The number of carbonyl (C=O) groups excluding carboxylic acids is 1.